The van der Waals surface area contributed by atoms with Gasteiger partial charge in [-0.15, -0.1) is 0 Å². The molecule has 0 saturated heterocycles. The molecule has 9 heteroatoms. The van der Waals surface area contributed by atoms with E-state index in [0.717, 1.165) is 0 Å². The topological polar surface area (TPSA) is 134 Å². The van der Waals surface area contributed by atoms with Crippen molar-refractivity contribution in [2.24, 2.45) is 11.7 Å². The summed E-state index contributed by atoms with van der Waals surface area (Å²) in [5.74, 6) is -2.22. The number of nitrogens with one attached hydrogen (secondary N) is 1. The number of rotatable bonds is 10. The average molecular weight is 422 g/mol. The first-order chi connectivity index (χ1) is 14.1. The predicted molar refractivity (Wildman–Crippen MR) is 109 cm³/mol. The first-order valence-corrected chi connectivity index (χ1v) is 9.81. The summed E-state index contributed by atoms with van der Waals surface area (Å²) in [6.07, 6.45) is 0.772. The summed E-state index contributed by atoms with van der Waals surface area (Å²) in [4.78, 5) is 47.5. The summed E-state index contributed by atoms with van der Waals surface area (Å²) < 4.78 is 15.2. The fourth-order valence-corrected chi connectivity index (χ4v) is 2.61. The molecule has 0 heterocycles. The summed E-state index contributed by atoms with van der Waals surface area (Å²) in [6.45, 7) is 8.01. The van der Waals surface area contributed by atoms with E-state index in [1.165, 1.54) is 26.0 Å². The Bertz CT molecular complexity index is 779. The third kappa shape index (κ3) is 7.82. The molecule has 0 spiro atoms. The molecule has 0 aliphatic rings. The van der Waals surface area contributed by atoms with E-state index >= 15 is 0 Å². The summed E-state index contributed by atoms with van der Waals surface area (Å²) in [5.41, 5.74) is 6.52. The van der Waals surface area contributed by atoms with Crippen molar-refractivity contribution in [1.29, 1.82) is 0 Å². The zero-order valence-electron chi connectivity index (χ0n) is 18.0. The molecule has 0 aliphatic heterocycles. The van der Waals surface area contributed by atoms with Crippen LogP contribution in [-0.4, -0.2) is 42.5 Å². The molecule has 30 heavy (non-hydrogen) atoms. The van der Waals surface area contributed by atoms with Crippen LogP contribution in [0.25, 0.3) is 0 Å². The highest BCUT2D eigenvalue weighted by molar-refractivity contribution is 5.87. The van der Waals surface area contributed by atoms with Crippen molar-refractivity contribution in [3.8, 4) is 11.5 Å². The van der Waals surface area contributed by atoms with Gasteiger partial charge in [0, 0.05) is 20.3 Å². The molecule has 0 aromatic heterocycles. The van der Waals surface area contributed by atoms with Gasteiger partial charge in [-0.3, -0.25) is 14.4 Å². The molecule has 0 saturated carbocycles. The molecule has 3 atom stereocenters. The Kier molecular flexibility index (Phi) is 9.97. The molecule has 0 unspecified atom stereocenters. The smallest absolute Gasteiger partial charge is 0.328 e. The van der Waals surface area contributed by atoms with E-state index in [1.54, 1.807) is 13.0 Å². The summed E-state index contributed by atoms with van der Waals surface area (Å²) >= 11 is 0. The van der Waals surface area contributed by atoms with Crippen molar-refractivity contribution in [3.63, 3.8) is 0 Å². The minimum absolute atomic E-state index is 0.0282. The van der Waals surface area contributed by atoms with Crippen molar-refractivity contribution in [1.82, 2.24) is 5.32 Å². The normalized spacial score (nSPS) is 13.5. The Morgan fingerprint density at radius 2 is 1.63 bits per heavy atom. The van der Waals surface area contributed by atoms with E-state index in [4.69, 9.17) is 19.9 Å². The lowest BCUT2D eigenvalue weighted by Crippen LogP contribution is -2.51. The van der Waals surface area contributed by atoms with E-state index in [-0.39, 0.29) is 30.4 Å². The van der Waals surface area contributed by atoms with Gasteiger partial charge < -0.3 is 25.3 Å². The lowest BCUT2D eigenvalue weighted by Gasteiger charge is -2.22. The lowest BCUT2D eigenvalue weighted by atomic mass is 9.98. The van der Waals surface area contributed by atoms with Crippen LogP contribution in [0.1, 0.15) is 46.6 Å². The van der Waals surface area contributed by atoms with Crippen LogP contribution in [0.2, 0.25) is 0 Å². The third-order valence-corrected chi connectivity index (χ3v) is 4.40. The van der Waals surface area contributed by atoms with Gasteiger partial charge in [0.1, 0.15) is 6.04 Å². The van der Waals surface area contributed by atoms with Crippen LogP contribution in [0.15, 0.2) is 18.2 Å². The van der Waals surface area contributed by atoms with Crippen LogP contribution in [0.5, 0.6) is 11.5 Å². The Morgan fingerprint density at radius 1 is 1.03 bits per heavy atom. The second kappa shape index (κ2) is 11.9. The Morgan fingerprint density at radius 3 is 2.17 bits per heavy atom. The number of amides is 1. The number of carbonyl (C=O) groups excluding carboxylic acids is 4. The maximum Gasteiger partial charge on any atom is 0.328 e. The monoisotopic (exact) mass is 422 g/mol. The summed E-state index contributed by atoms with van der Waals surface area (Å²) in [6, 6.07) is 2.75. The number of carbonyl (C=O) groups is 4. The molecule has 1 aromatic rings. The van der Waals surface area contributed by atoms with Crippen LogP contribution >= 0.6 is 0 Å². The van der Waals surface area contributed by atoms with E-state index in [1.807, 2.05) is 13.8 Å². The van der Waals surface area contributed by atoms with Gasteiger partial charge in [0.15, 0.2) is 11.5 Å². The van der Waals surface area contributed by atoms with Crippen LogP contribution in [0.4, 0.5) is 0 Å². The van der Waals surface area contributed by atoms with Crippen LogP contribution in [0, 0.1) is 5.92 Å². The number of esters is 3. The molecular formula is C21H30N2O7. The van der Waals surface area contributed by atoms with Gasteiger partial charge in [-0.1, -0.05) is 26.3 Å². The quantitative estimate of drug-likeness (QED) is 0.428. The van der Waals surface area contributed by atoms with Crippen molar-refractivity contribution in [2.75, 3.05) is 6.61 Å². The predicted octanol–water partition coefficient (Wildman–Crippen LogP) is 1.50. The molecule has 9 nitrogen and oxygen atoms in total. The van der Waals surface area contributed by atoms with Crippen molar-refractivity contribution < 1.29 is 33.4 Å². The maximum atomic E-state index is 12.5. The van der Waals surface area contributed by atoms with Gasteiger partial charge in [0.2, 0.25) is 5.91 Å². The molecule has 3 N–H and O–H groups in total. The van der Waals surface area contributed by atoms with E-state index in [2.05, 4.69) is 5.32 Å². The average Bonchev–Trinajstić information content (AvgIpc) is 2.67. The largest absolute Gasteiger partial charge is 0.464 e. The highest BCUT2D eigenvalue weighted by atomic mass is 16.6. The van der Waals surface area contributed by atoms with Crippen LogP contribution in [0.3, 0.4) is 0 Å². The van der Waals surface area contributed by atoms with E-state index < -0.39 is 35.9 Å². The molecule has 0 aliphatic carbocycles. The van der Waals surface area contributed by atoms with Gasteiger partial charge in [-0.25, -0.2) is 4.79 Å². The molecule has 0 radical (unpaired) electrons. The number of hydrogen-bond donors (Lipinski definition) is 2. The molecular weight excluding hydrogens is 392 g/mol. The second-order valence-electron chi connectivity index (χ2n) is 6.90. The summed E-state index contributed by atoms with van der Waals surface area (Å²) in [7, 11) is 0. The fourth-order valence-electron chi connectivity index (χ4n) is 2.61. The van der Waals surface area contributed by atoms with Gasteiger partial charge in [0.05, 0.1) is 12.6 Å². The third-order valence-electron chi connectivity index (χ3n) is 4.40. The number of benzene rings is 1. The molecule has 166 valence electrons. The summed E-state index contributed by atoms with van der Waals surface area (Å²) in [5, 5.41) is 2.64. The van der Waals surface area contributed by atoms with E-state index in [9.17, 15) is 19.2 Å². The lowest BCUT2D eigenvalue weighted by molar-refractivity contribution is -0.147. The molecule has 1 amide bonds. The van der Waals surface area contributed by atoms with E-state index in [0.29, 0.717) is 12.0 Å². The second-order valence-corrected chi connectivity index (χ2v) is 6.90. The Hall–Kier alpha value is -2.94. The van der Waals surface area contributed by atoms with Gasteiger partial charge in [-0.2, -0.15) is 0 Å². The van der Waals surface area contributed by atoms with Crippen molar-refractivity contribution in [3.05, 3.63) is 23.8 Å². The van der Waals surface area contributed by atoms with Gasteiger partial charge in [0.25, 0.3) is 0 Å². The highest BCUT2D eigenvalue weighted by Gasteiger charge is 2.27. The maximum absolute atomic E-state index is 12.5. The Labute approximate surface area is 176 Å². The molecule has 0 fully saturated rings. The standard InChI is InChI=1S/C21H30N2O7/c1-6-12(3)19(22)20(26)23-16(21(27)28-7-2)10-15-8-9-17(29-13(4)24)18(11-15)30-14(5)25/h8-9,11-12,16,19H,6-7,10,22H2,1-5H3,(H,23,26)/t12-,16-,19-/m0/s1. The number of nitrogens with two attached hydrogens (primary N) is 1. The zero-order valence-corrected chi connectivity index (χ0v) is 18.0. The molecule has 1 rings (SSSR count). The Balaban J connectivity index is 3.12. The zero-order chi connectivity index (χ0) is 22.8. The van der Waals surface area contributed by atoms with Crippen LogP contribution < -0.4 is 20.5 Å². The fraction of sp³-hybridized carbons (Fsp3) is 0.524. The van der Waals surface area contributed by atoms with Crippen molar-refractivity contribution in [2.45, 2.75) is 59.5 Å². The van der Waals surface area contributed by atoms with Gasteiger partial charge >= 0.3 is 17.9 Å². The first-order valence-electron chi connectivity index (χ1n) is 9.81. The van der Waals surface area contributed by atoms with Gasteiger partial charge in [-0.05, 0) is 30.5 Å². The number of hydrogen-bond acceptors (Lipinski definition) is 8. The minimum atomic E-state index is -0.989. The molecule has 1 aromatic carbocycles. The molecule has 0 bridgehead atoms. The first kappa shape index (κ1) is 25.1. The number of ether oxygens (including phenoxy) is 3. The van der Waals surface area contributed by atoms with Crippen molar-refractivity contribution >= 4 is 23.8 Å². The van der Waals surface area contributed by atoms with Crippen LogP contribution in [-0.2, 0) is 30.3 Å². The highest BCUT2D eigenvalue weighted by Crippen LogP contribution is 2.29. The SMILES string of the molecule is CCOC(=O)[C@H](Cc1ccc(OC(C)=O)c(OC(C)=O)c1)NC(=O)[C@@H](N)[C@@H](C)CC. The minimum Gasteiger partial charge on any atom is -0.464 e.